The number of piperazine rings is 1. The van der Waals surface area contributed by atoms with Gasteiger partial charge in [-0.1, -0.05) is 30.3 Å². The van der Waals surface area contributed by atoms with Crippen molar-refractivity contribution in [3.63, 3.8) is 0 Å². The first-order valence-corrected chi connectivity index (χ1v) is 12.2. The number of hydrogen-bond donors (Lipinski definition) is 0. The molecule has 3 rings (SSSR count). The van der Waals surface area contributed by atoms with E-state index in [9.17, 15) is 27.6 Å². The van der Waals surface area contributed by atoms with Crippen molar-refractivity contribution in [1.29, 1.82) is 0 Å². The molecule has 168 valence electrons. The fraction of sp³-hybridized carbons (Fsp3) is 0.524. The van der Waals surface area contributed by atoms with Crippen molar-refractivity contribution in [3.8, 4) is 0 Å². The van der Waals surface area contributed by atoms with Gasteiger partial charge in [0.05, 0.1) is 5.75 Å². The first-order valence-electron chi connectivity index (χ1n) is 10.4. The van der Waals surface area contributed by atoms with Crippen molar-refractivity contribution in [3.05, 3.63) is 35.9 Å². The predicted molar refractivity (Wildman–Crippen MR) is 113 cm³/mol. The number of carbonyl (C=O) groups excluding carboxylic acids is 4. The zero-order valence-electron chi connectivity index (χ0n) is 17.4. The van der Waals surface area contributed by atoms with Gasteiger partial charge in [0.2, 0.25) is 23.6 Å². The highest BCUT2D eigenvalue weighted by atomic mass is 32.2. The lowest BCUT2D eigenvalue weighted by atomic mass is 10.1. The average Bonchev–Trinajstić information content (AvgIpc) is 3.06. The van der Waals surface area contributed by atoms with Crippen LogP contribution in [0.5, 0.6) is 0 Å². The van der Waals surface area contributed by atoms with Crippen molar-refractivity contribution in [2.45, 2.75) is 25.7 Å². The topological polar surface area (TPSA) is 112 Å². The molecular formula is C21H27N3O6S. The quantitative estimate of drug-likeness (QED) is 0.511. The number of nitrogens with zero attached hydrogens (tertiary/aromatic N) is 3. The van der Waals surface area contributed by atoms with E-state index in [0.29, 0.717) is 12.8 Å². The first-order chi connectivity index (χ1) is 14.7. The minimum Gasteiger partial charge on any atom is -0.338 e. The van der Waals surface area contributed by atoms with Gasteiger partial charge in [0.25, 0.3) is 0 Å². The van der Waals surface area contributed by atoms with Gasteiger partial charge in [0.15, 0.2) is 9.84 Å². The Kier molecular flexibility index (Phi) is 7.42. The fourth-order valence-electron chi connectivity index (χ4n) is 3.73. The Balaban J connectivity index is 1.41. The molecule has 0 aliphatic carbocycles. The highest BCUT2D eigenvalue weighted by Gasteiger charge is 2.33. The maximum Gasteiger partial charge on any atom is 0.242 e. The summed E-state index contributed by atoms with van der Waals surface area (Å²) in [5.74, 6) is -2.08. The van der Waals surface area contributed by atoms with Crippen molar-refractivity contribution >= 4 is 33.5 Å². The van der Waals surface area contributed by atoms with Crippen molar-refractivity contribution in [1.82, 2.24) is 14.7 Å². The van der Waals surface area contributed by atoms with Crippen LogP contribution in [0.3, 0.4) is 0 Å². The molecule has 4 amide bonds. The number of carbonyl (C=O) groups is 4. The van der Waals surface area contributed by atoms with Crippen LogP contribution in [0, 0.1) is 0 Å². The van der Waals surface area contributed by atoms with Gasteiger partial charge < -0.3 is 9.80 Å². The van der Waals surface area contributed by atoms with Crippen LogP contribution in [-0.4, -0.2) is 91.0 Å². The van der Waals surface area contributed by atoms with Crippen LogP contribution in [0.4, 0.5) is 0 Å². The van der Waals surface area contributed by atoms with Crippen LogP contribution in [0.15, 0.2) is 30.3 Å². The molecule has 1 aromatic rings. The lowest BCUT2D eigenvalue weighted by Gasteiger charge is -2.35. The van der Waals surface area contributed by atoms with Crippen LogP contribution in [0.1, 0.15) is 24.8 Å². The molecule has 2 aliphatic heterocycles. The molecule has 2 fully saturated rings. The normalized spacial score (nSPS) is 17.4. The van der Waals surface area contributed by atoms with Gasteiger partial charge in [-0.25, -0.2) is 8.42 Å². The standard InChI is InChI=1S/C21H27N3O6S/c25-18-8-9-19(26)24(18)15-20(27)22-10-12-23(13-11-22)21(28)16-31(29,30)14-4-7-17-5-2-1-3-6-17/h1-3,5-6H,4,7-16H2. The zero-order chi connectivity index (χ0) is 22.4. The van der Waals surface area contributed by atoms with Gasteiger partial charge >= 0.3 is 0 Å². The fourth-order valence-corrected chi connectivity index (χ4v) is 5.02. The summed E-state index contributed by atoms with van der Waals surface area (Å²) in [6.45, 7) is 0.670. The number of sulfone groups is 1. The zero-order valence-corrected chi connectivity index (χ0v) is 18.2. The predicted octanol–water partition coefficient (Wildman–Crippen LogP) is -0.146. The van der Waals surface area contributed by atoms with E-state index in [2.05, 4.69) is 0 Å². The molecule has 2 aliphatic rings. The molecule has 2 heterocycles. The monoisotopic (exact) mass is 449 g/mol. The van der Waals surface area contributed by atoms with Crippen molar-refractivity contribution in [2.24, 2.45) is 0 Å². The Labute approximate surface area is 181 Å². The van der Waals surface area contributed by atoms with E-state index >= 15 is 0 Å². The molecule has 0 spiro atoms. The van der Waals surface area contributed by atoms with E-state index in [1.807, 2.05) is 30.3 Å². The molecule has 31 heavy (non-hydrogen) atoms. The second kappa shape index (κ2) is 10.0. The number of aryl methyl sites for hydroxylation is 1. The lowest BCUT2D eigenvalue weighted by Crippen LogP contribution is -2.53. The van der Waals surface area contributed by atoms with Crippen LogP contribution in [0.25, 0.3) is 0 Å². The average molecular weight is 450 g/mol. The summed E-state index contributed by atoms with van der Waals surface area (Å²) in [4.78, 5) is 52.0. The molecule has 0 N–H and O–H groups in total. The minimum absolute atomic E-state index is 0.0516. The summed E-state index contributed by atoms with van der Waals surface area (Å²) in [5, 5.41) is 0. The third-order valence-corrected chi connectivity index (χ3v) is 7.14. The number of hydrogen-bond acceptors (Lipinski definition) is 6. The Morgan fingerprint density at radius 1 is 0.839 bits per heavy atom. The molecule has 9 nitrogen and oxygen atoms in total. The summed E-state index contributed by atoms with van der Waals surface area (Å²) < 4.78 is 24.6. The highest BCUT2D eigenvalue weighted by molar-refractivity contribution is 7.92. The number of rotatable bonds is 8. The largest absolute Gasteiger partial charge is 0.338 e. The number of amides is 4. The van der Waals surface area contributed by atoms with E-state index in [-0.39, 0.29) is 69.0 Å². The second-order valence-corrected chi connectivity index (χ2v) is 10.0. The minimum atomic E-state index is -3.51. The van der Waals surface area contributed by atoms with Gasteiger partial charge in [-0.2, -0.15) is 0 Å². The third kappa shape index (κ3) is 6.36. The Bertz CT molecular complexity index is 923. The maximum atomic E-state index is 12.4. The molecule has 10 heteroatoms. The summed E-state index contributed by atoms with van der Waals surface area (Å²) >= 11 is 0. The van der Waals surface area contributed by atoms with Gasteiger partial charge in [-0.15, -0.1) is 0 Å². The van der Waals surface area contributed by atoms with Crippen LogP contribution in [-0.2, 0) is 35.4 Å². The highest BCUT2D eigenvalue weighted by Crippen LogP contribution is 2.13. The summed E-state index contributed by atoms with van der Waals surface area (Å²) in [7, 11) is -3.51. The molecular weight excluding hydrogens is 422 g/mol. The van der Waals surface area contributed by atoms with E-state index in [1.54, 1.807) is 0 Å². The lowest BCUT2D eigenvalue weighted by molar-refractivity contribution is -0.146. The van der Waals surface area contributed by atoms with Gasteiger partial charge in [-0.05, 0) is 18.4 Å². The molecule has 1 aromatic carbocycles. The van der Waals surface area contributed by atoms with E-state index in [1.165, 1.54) is 9.80 Å². The SMILES string of the molecule is O=C(CN1C(=O)CCC1=O)N1CCN(C(=O)CS(=O)(=O)CCCc2ccccc2)CC1. The second-order valence-electron chi connectivity index (χ2n) is 7.82. The Morgan fingerprint density at radius 2 is 1.39 bits per heavy atom. The van der Waals surface area contributed by atoms with Gasteiger partial charge in [-0.3, -0.25) is 24.1 Å². The van der Waals surface area contributed by atoms with E-state index in [4.69, 9.17) is 0 Å². The maximum absolute atomic E-state index is 12.4. The summed E-state index contributed by atoms with van der Waals surface area (Å²) in [5.41, 5.74) is 1.06. The molecule has 0 bridgehead atoms. The number of imide groups is 1. The third-order valence-electron chi connectivity index (χ3n) is 5.54. The number of likely N-dealkylation sites (tertiary alicyclic amines) is 1. The smallest absolute Gasteiger partial charge is 0.242 e. The van der Waals surface area contributed by atoms with E-state index < -0.39 is 21.5 Å². The van der Waals surface area contributed by atoms with Crippen LogP contribution >= 0.6 is 0 Å². The summed E-state index contributed by atoms with van der Waals surface area (Å²) in [6, 6.07) is 9.58. The molecule has 0 radical (unpaired) electrons. The van der Waals surface area contributed by atoms with Crippen LogP contribution in [0.2, 0.25) is 0 Å². The molecule has 2 saturated heterocycles. The number of benzene rings is 1. The van der Waals surface area contributed by atoms with E-state index in [0.717, 1.165) is 10.5 Å². The molecule has 0 saturated carbocycles. The molecule has 0 atom stereocenters. The molecule has 0 unspecified atom stereocenters. The Hall–Kier alpha value is -2.75. The van der Waals surface area contributed by atoms with Crippen molar-refractivity contribution < 1.29 is 27.6 Å². The van der Waals surface area contributed by atoms with Crippen LogP contribution < -0.4 is 0 Å². The van der Waals surface area contributed by atoms with Gasteiger partial charge in [0.1, 0.15) is 12.3 Å². The van der Waals surface area contributed by atoms with Crippen molar-refractivity contribution in [2.75, 3.05) is 44.2 Å². The Morgan fingerprint density at radius 3 is 1.97 bits per heavy atom. The van der Waals surface area contributed by atoms with Gasteiger partial charge in [0, 0.05) is 39.0 Å². The summed E-state index contributed by atoms with van der Waals surface area (Å²) in [6.07, 6.45) is 1.36. The first kappa shape index (κ1) is 22.9. The molecule has 0 aromatic heterocycles.